The molecule has 0 saturated carbocycles. The number of urea groups is 1. The molecule has 0 aromatic carbocycles. The van der Waals surface area contributed by atoms with Crippen molar-refractivity contribution in [3.8, 4) is 0 Å². The second-order valence-corrected chi connectivity index (χ2v) is 4.29. The molecule has 3 unspecified atom stereocenters. The van der Waals surface area contributed by atoms with Gasteiger partial charge in [-0.2, -0.15) is 0 Å². The first kappa shape index (κ1) is 13.8. The van der Waals surface area contributed by atoms with Crippen molar-refractivity contribution in [1.82, 2.24) is 10.2 Å². The number of carboxylic acids is 1. The first-order chi connectivity index (χ1) is 7.97. The molecule has 1 aliphatic rings. The van der Waals surface area contributed by atoms with Gasteiger partial charge in [0.25, 0.3) is 0 Å². The van der Waals surface area contributed by atoms with Gasteiger partial charge in [-0.05, 0) is 19.8 Å². The van der Waals surface area contributed by atoms with Crippen molar-refractivity contribution < 1.29 is 19.4 Å². The molecule has 0 aromatic rings. The van der Waals surface area contributed by atoms with Crippen LogP contribution in [-0.4, -0.2) is 53.8 Å². The first-order valence-electron chi connectivity index (χ1n) is 5.85. The van der Waals surface area contributed by atoms with E-state index < -0.39 is 12.0 Å². The molecule has 1 saturated heterocycles. The summed E-state index contributed by atoms with van der Waals surface area (Å²) in [4.78, 5) is 24.2. The van der Waals surface area contributed by atoms with Crippen molar-refractivity contribution in [3.05, 3.63) is 0 Å². The van der Waals surface area contributed by atoms with Gasteiger partial charge < -0.3 is 20.1 Å². The molecule has 1 heterocycles. The Morgan fingerprint density at radius 1 is 1.59 bits per heavy atom. The van der Waals surface area contributed by atoms with E-state index in [1.807, 2.05) is 6.92 Å². The van der Waals surface area contributed by atoms with Gasteiger partial charge in [0.05, 0.1) is 12.1 Å². The van der Waals surface area contributed by atoms with E-state index in [0.717, 1.165) is 6.42 Å². The zero-order chi connectivity index (χ0) is 13.0. The minimum Gasteiger partial charge on any atom is -0.480 e. The smallest absolute Gasteiger partial charge is 0.326 e. The molecule has 17 heavy (non-hydrogen) atoms. The molecule has 6 heteroatoms. The first-order valence-corrected chi connectivity index (χ1v) is 5.85. The van der Waals surface area contributed by atoms with Crippen LogP contribution in [0.5, 0.6) is 0 Å². The summed E-state index contributed by atoms with van der Waals surface area (Å²) >= 11 is 0. The topological polar surface area (TPSA) is 78.9 Å². The third kappa shape index (κ3) is 3.33. The van der Waals surface area contributed by atoms with Crippen molar-refractivity contribution in [2.75, 3.05) is 13.7 Å². The maximum atomic E-state index is 11.8. The lowest BCUT2D eigenvalue weighted by atomic mass is 10.1. The van der Waals surface area contributed by atoms with Crippen LogP contribution in [0.4, 0.5) is 4.79 Å². The SMILES string of the molecule is CCC(NC(=O)N(C)C1CCOC1C)C(=O)O. The zero-order valence-corrected chi connectivity index (χ0v) is 10.5. The highest BCUT2D eigenvalue weighted by Crippen LogP contribution is 2.18. The molecular weight excluding hydrogens is 224 g/mol. The average molecular weight is 244 g/mol. The number of nitrogens with one attached hydrogen (secondary N) is 1. The van der Waals surface area contributed by atoms with Crippen molar-refractivity contribution in [2.45, 2.75) is 44.9 Å². The van der Waals surface area contributed by atoms with Gasteiger partial charge in [0, 0.05) is 13.7 Å². The van der Waals surface area contributed by atoms with Crippen LogP contribution in [-0.2, 0) is 9.53 Å². The monoisotopic (exact) mass is 244 g/mol. The number of nitrogens with zero attached hydrogens (tertiary/aromatic N) is 1. The molecule has 2 amide bonds. The fourth-order valence-corrected chi connectivity index (χ4v) is 1.97. The van der Waals surface area contributed by atoms with Crippen LogP contribution in [0.3, 0.4) is 0 Å². The number of hydrogen-bond acceptors (Lipinski definition) is 3. The van der Waals surface area contributed by atoms with Gasteiger partial charge in [-0.15, -0.1) is 0 Å². The summed E-state index contributed by atoms with van der Waals surface area (Å²) in [5, 5.41) is 11.4. The lowest BCUT2D eigenvalue weighted by molar-refractivity contribution is -0.139. The van der Waals surface area contributed by atoms with Gasteiger partial charge in [0.15, 0.2) is 0 Å². The number of carbonyl (C=O) groups is 2. The van der Waals surface area contributed by atoms with Crippen LogP contribution < -0.4 is 5.32 Å². The molecule has 0 aromatic heterocycles. The van der Waals surface area contributed by atoms with Crippen molar-refractivity contribution >= 4 is 12.0 Å². The Balaban J connectivity index is 2.54. The van der Waals surface area contributed by atoms with E-state index in [4.69, 9.17) is 9.84 Å². The molecular formula is C11H20N2O4. The molecule has 1 rings (SSSR count). The summed E-state index contributed by atoms with van der Waals surface area (Å²) in [5.74, 6) is -1.01. The summed E-state index contributed by atoms with van der Waals surface area (Å²) < 4.78 is 5.38. The fourth-order valence-electron chi connectivity index (χ4n) is 1.97. The Kier molecular flexibility index (Phi) is 4.74. The van der Waals surface area contributed by atoms with Gasteiger partial charge >= 0.3 is 12.0 Å². The normalized spacial score (nSPS) is 25.4. The van der Waals surface area contributed by atoms with E-state index in [-0.39, 0.29) is 18.2 Å². The Morgan fingerprint density at radius 3 is 2.65 bits per heavy atom. The van der Waals surface area contributed by atoms with Crippen molar-refractivity contribution in [2.24, 2.45) is 0 Å². The molecule has 2 N–H and O–H groups in total. The third-order valence-electron chi connectivity index (χ3n) is 3.16. The van der Waals surface area contributed by atoms with Gasteiger partial charge in [-0.25, -0.2) is 9.59 Å². The minimum absolute atomic E-state index is 0.00402. The Bertz CT molecular complexity index is 295. The van der Waals surface area contributed by atoms with Gasteiger partial charge in [0.1, 0.15) is 6.04 Å². The quantitative estimate of drug-likeness (QED) is 0.761. The zero-order valence-electron chi connectivity index (χ0n) is 10.5. The van der Waals surface area contributed by atoms with Crippen LogP contribution >= 0.6 is 0 Å². The largest absolute Gasteiger partial charge is 0.480 e. The number of rotatable bonds is 4. The van der Waals surface area contributed by atoms with E-state index in [2.05, 4.69) is 5.32 Å². The van der Waals surface area contributed by atoms with Crippen LogP contribution in [0.25, 0.3) is 0 Å². The summed E-state index contributed by atoms with van der Waals surface area (Å²) in [6.45, 7) is 4.27. The highest BCUT2D eigenvalue weighted by atomic mass is 16.5. The summed E-state index contributed by atoms with van der Waals surface area (Å²) in [6.07, 6.45) is 1.15. The average Bonchev–Trinajstić information content (AvgIpc) is 2.70. The second kappa shape index (κ2) is 5.86. The van der Waals surface area contributed by atoms with Gasteiger partial charge in [0.2, 0.25) is 0 Å². The van der Waals surface area contributed by atoms with Gasteiger partial charge in [-0.3, -0.25) is 0 Å². The van der Waals surface area contributed by atoms with E-state index >= 15 is 0 Å². The maximum absolute atomic E-state index is 11.8. The predicted octanol–water partition coefficient (Wildman–Crippen LogP) is 0.668. The van der Waals surface area contributed by atoms with Gasteiger partial charge in [-0.1, -0.05) is 6.92 Å². The highest BCUT2D eigenvalue weighted by Gasteiger charge is 2.31. The number of likely N-dealkylation sites (N-methyl/N-ethyl adjacent to an activating group) is 1. The lowest BCUT2D eigenvalue weighted by Crippen LogP contribution is -2.51. The number of carboxylic acid groups (broad SMARTS) is 1. The number of amides is 2. The summed E-state index contributed by atoms with van der Waals surface area (Å²) in [6, 6.07) is -1.18. The molecule has 98 valence electrons. The standard InChI is InChI=1S/C11H20N2O4/c1-4-8(10(14)15)12-11(16)13(3)9-5-6-17-7(9)2/h7-9H,4-6H2,1-3H3,(H,12,16)(H,14,15). The molecule has 0 spiro atoms. The second-order valence-electron chi connectivity index (χ2n) is 4.29. The van der Waals surface area contributed by atoms with E-state index in [0.29, 0.717) is 13.0 Å². The summed E-state index contributed by atoms with van der Waals surface area (Å²) in [7, 11) is 1.67. The van der Waals surface area contributed by atoms with Crippen LogP contribution in [0.1, 0.15) is 26.7 Å². The van der Waals surface area contributed by atoms with E-state index in [1.165, 1.54) is 4.90 Å². The van der Waals surface area contributed by atoms with Crippen LogP contribution in [0.2, 0.25) is 0 Å². The number of hydrogen-bond donors (Lipinski definition) is 2. The molecule has 0 aliphatic carbocycles. The number of carbonyl (C=O) groups excluding carboxylic acids is 1. The Morgan fingerprint density at radius 2 is 2.24 bits per heavy atom. The van der Waals surface area contributed by atoms with Crippen molar-refractivity contribution in [1.29, 1.82) is 0 Å². The molecule has 0 bridgehead atoms. The van der Waals surface area contributed by atoms with E-state index in [9.17, 15) is 9.59 Å². The predicted molar refractivity (Wildman–Crippen MR) is 61.8 cm³/mol. The number of ether oxygens (including phenoxy) is 1. The minimum atomic E-state index is -1.01. The van der Waals surface area contributed by atoms with E-state index in [1.54, 1.807) is 14.0 Å². The molecule has 3 atom stereocenters. The summed E-state index contributed by atoms with van der Waals surface area (Å²) in [5.41, 5.74) is 0. The van der Waals surface area contributed by atoms with Crippen LogP contribution in [0, 0.1) is 0 Å². The van der Waals surface area contributed by atoms with Crippen molar-refractivity contribution in [3.63, 3.8) is 0 Å². The molecule has 6 nitrogen and oxygen atoms in total. The maximum Gasteiger partial charge on any atom is 0.326 e. The number of aliphatic carboxylic acids is 1. The molecule has 1 fully saturated rings. The lowest BCUT2D eigenvalue weighted by Gasteiger charge is -2.28. The third-order valence-corrected chi connectivity index (χ3v) is 3.16. The Hall–Kier alpha value is -1.30. The fraction of sp³-hybridized carbons (Fsp3) is 0.818. The Labute approximate surface area is 101 Å². The highest BCUT2D eigenvalue weighted by molar-refractivity contribution is 5.82. The van der Waals surface area contributed by atoms with Crippen LogP contribution in [0.15, 0.2) is 0 Å². The molecule has 0 radical (unpaired) electrons. The molecule has 1 aliphatic heterocycles.